The van der Waals surface area contributed by atoms with Crippen molar-refractivity contribution in [3.05, 3.63) is 29.8 Å². The minimum atomic E-state index is -0.137. The number of benzene rings is 1. The fourth-order valence-corrected chi connectivity index (χ4v) is 5.21. The Bertz CT molecular complexity index is 731. The number of likely N-dealkylation sites (tertiary alicyclic amines) is 1. The lowest BCUT2D eigenvalue weighted by Gasteiger charge is -2.36. The molecule has 2 aromatic rings. The van der Waals surface area contributed by atoms with Gasteiger partial charge in [-0.3, -0.25) is 4.79 Å². The highest BCUT2D eigenvalue weighted by Gasteiger charge is 2.29. The number of rotatable bonds is 6. The molecule has 1 saturated heterocycles. The van der Waals surface area contributed by atoms with Crippen molar-refractivity contribution in [1.82, 2.24) is 15.1 Å². The maximum Gasteiger partial charge on any atom is 0.236 e. The summed E-state index contributed by atoms with van der Waals surface area (Å²) < 4.78 is 0.825. The van der Waals surface area contributed by atoms with Gasteiger partial charge in [0.25, 0.3) is 0 Å². The van der Waals surface area contributed by atoms with Crippen molar-refractivity contribution in [2.45, 2.75) is 62.1 Å². The van der Waals surface area contributed by atoms with Gasteiger partial charge in [-0.05, 0) is 51.7 Å². The van der Waals surface area contributed by atoms with Crippen molar-refractivity contribution < 1.29 is 4.79 Å². The van der Waals surface area contributed by atoms with Gasteiger partial charge in [-0.25, -0.2) is 0 Å². The number of aromatic nitrogens is 2. The molecule has 140 valence electrons. The molecule has 1 aliphatic rings. The van der Waals surface area contributed by atoms with Gasteiger partial charge in [-0.2, -0.15) is 0 Å². The maximum atomic E-state index is 12.8. The van der Waals surface area contributed by atoms with Gasteiger partial charge in [0.1, 0.15) is 0 Å². The van der Waals surface area contributed by atoms with Crippen LogP contribution < -0.4 is 5.32 Å². The number of hydrogen-bond donors (Lipinski definition) is 1. The predicted molar refractivity (Wildman–Crippen MR) is 109 cm³/mol. The van der Waals surface area contributed by atoms with E-state index in [4.69, 9.17) is 0 Å². The Morgan fingerprint density at radius 2 is 2.12 bits per heavy atom. The van der Waals surface area contributed by atoms with Crippen LogP contribution >= 0.6 is 23.1 Å². The molecule has 0 bridgehead atoms. The molecule has 0 aliphatic carbocycles. The first-order chi connectivity index (χ1) is 12.6. The predicted octanol–water partition coefficient (Wildman–Crippen LogP) is 4.86. The van der Waals surface area contributed by atoms with Gasteiger partial charge in [0, 0.05) is 18.3 Å². The zero-order valence-electron chi connectivity index (χ0n) is 15.6. The van der Waals surface area contributed by atoms with E-state index in [1.807, 2.05) is 19.1 Å². The highest BCUT2D eigenvalue weighted by molar-refractivity contribution is 8.02. The van der Waals surface area contributed by atoms with E-state index in [1.165, 1.54) is 35.1 Å². The Labute approximate surface area is 163 Å². The third-order valence-electron chi connectivity index (χ3n) is 4.72. The van der Waals surface area contributed by atoms with E-state index in [9.17, 15) is 4.79 Å². The van der Waals surface area contributed by atoms with Crippen LogP contribution in [0.2, 0.25) is 0 Å². The van der Waals surface area contributed by atoms with Crippen molar-refractivity contribution in [3.63, 3.8) is 0 Å². The van der Waals surface area contributed by atoms with Crippen molar-refractivity contribution >= 4 is 39.8 Å². The van der Waals surface area contributed by atoms with Crippen LogP contribution in [0, 0.1) is 6.92 Å². The number of anilines is 2. The van der Waals surface area contributed by atoms with Gasteiger partial charge >= 0.3 is 0 Å². The van der Waals surface area contributed by atoms with E-state index in [0.717, 1.165) is 41.0 Å². The lowest BCUT2D eigenvalue weighted by atomic mass is 10.00. The van der Waals surface area contributed by atoms with Crippen LogP contribution in [0.4, 0.5) is 10.8 Å². The first-order valence-corrected chi connectivity index (χ1v) is 10.9. The zero-order valence-corrected chi connectivity index (χ0v) is 17.2. The van der Waals surface area contributed by atoms with Crippen molar-refractivity contribution in [2.24, 2.45) is 0 Å². The van der Waals surface area contributed by atoms with Crippen LogP contribution in [-0.2, 0) is 4.79 Å². The summed E-state index contributed by atoms with van der Waals surface area (Å²) >= 11 is 3.00. The summed E-state index contributed by atoms with van der Waals surface area (Å²) in [6.07, 6.45) is 4.51. The molecule has 1 fully saturated rings. The van der Waals surface area contributed by atoms with Gasteiger partial charge in [-0.15, -0.1) is 10.2 Å². The number of hydrogen-bond acceptors (Lipinski definition) is 6. The standard InChI is InChI=1S/C19H26N4OS2/c1-4-16-7-5-6-12-23(16)17(24)14(3)25-19-22-21-18(26-19)20-15-10-8-13(2)9-11-15/h8-11,14,16H,4-7,12H2,1-3H3,(H,20,21). The van der Waals surface area contributed by atoms with Gasteiger partial charge in [-0.1, -0.05) is 47.7 Å². The highest BCUT2D eigenvalue weighted by atomic mass is 32.2. The van der Waals surface area contributed by atoms with Crippen LogP contribution in [0.15, 0.2) is 28.6 Å². The molecule has 2 unspecified atom stereocenters. The Kier molecular flexibility index (Phi) is 6.53. The fraction of sp³-hybridized carbons (Fsp3) is 0.526. The topological polar surface area (TPSA) is 58.1 Å². The summed E-state index contributed by atoms with van der Waals surface area (Å²) in [5.41, 5.74) is 2.21. The summed E-state index contributed by atoms with van der Waals surface area (Å²) in [4.78, 5) is 14.9. The van der Waals surface area contributed by atoms with E-state index < -0.39 is 0 Å². The second-order valence-corrected chi connectivity index (χ2v) is 9.28. The summed E-state index contributed by atoms with van der Waals surface area (Å²) in [7, 11) is 0. The van der Waals surface area contributed by atoms with E-state index >= 15 is 0 Å². The molecule has 1 amide bonds. The molecule has 1 aliphatic heterocycles. The molecule has 1 aromatic carbocycles. The van der Waals surface area contributed by atoms with E-state index in [1.54, 1.807) is 0 Å². The first kappa shape index (κ1) is 19.2. The average Bonchev–Trinajstić information content (AvgIpc) is 3.09. The monoisotopic (exact) mass is 390 g/mol. The van der Waals surface area contributed by atoms with Crippen LogP contribution in [0.5, 0.6) is 0 Å². The lowest BCUT2D eigenvalue weighted by molar-refractivity contribution is -0.134. The molecule has 1 N–H and O–H groups in total. The zero-order chi connectivity index (χ0) is 18.5. The molecular weight excluding hydrogens is 364 g/mol. The van der Waals surface area contributed by atoms with Crippen LogP contribution in [0.1, 0.15) is 45.1 Å². The molecule has 1 aromatic heterocycles. The first-order valence-electron chi connectivity index (χ1n) is 9.21. The van der Waals surface area contributed by atoms with Crippen molar-refractivity contribution in [1.29, 1.82) is 0 Å². The Morgan fingerprint density at radius 3 is 2.85 bits per heavy atom. The molecule has 2 heterocycles. The van der Waals surface area contributed by atoms with Crippen LogP contribution in [0.25, 0.3) is 0 Å². The summed E-state index contributed by atoms with van der Waals surface area (Å²) in [5.74, 6) is 0.227. The summed E-state index contributed by atoms with van der Waals surface area (Å²) in [6.45, 7) is 7.09. The molecule has 5 nitrogen and oxygen atoms in total. The molecule has 0 radical (unpaired) electrons. The Morgan fingerprint density at radius 1 is 1.35 bits per heavy atom. The minimum Gasteiger partial charge on any atom is -0.339 e. The van der Waals surface area contributed by atoms with Gasteiger partial charge in [0.05, 0.1) is 5.25 Å². The third kappa shape index (κ3) is 4.76. The number of nitrogens with one attached hydrogen (secondary N) is 1. The molecule has 26 heavy (non-hydrogen) atoms. The van der Waals surface area contributed by atoms with Crippen molar-refractivity contribution in [2.75, 3.05) is 11.9 Å². The van der Waals surface area contributed by atoms with Gasteiger partial charge < -0.3 is 10.2 Å². The molecule has 0 spiro atoms. The SMILES string of the molecule is CCC1CCCCN1C(=O)C(C)Sc1nnc(Nc2ccc(C)cc2)s1. The number of aryl methyl sites for hydroxylation is 1. The summed E-state index contributed by atoms with van der Waals surface area (Å²) in [6, 6.07) is 8.56. The highest BCUT2D eigenvalue weighted by Crippen LogP contribution is 2.32. The normalized spacial score (nSPS) is 18.6. The molecule has 3 rings (SSSR count). The third-order valence-corrected chi connectivity index (χ3v) is 6.73. The van der Waals surface area contributed by atoms with E-state index in [-0.39, 0.29) is 11.2 Å². The number of nitrogens with zero attached hydrogens (tertiary/aromatic N) is 3. The maximum absolute atomic E-state index is 12.8. The van der Waals surface area contributed by atoms with Gasteiger partial charge in [0.2, 0.25) is 11.0 Å². The number of amides is 1. The number of piperidine rings is 1. The Hall–Kier alpha value is -1.60. The number of carbonyl (C=O) groups is 1. The molecule has 2 atom stereocenters. The largest absolute Gasteiger partial charge is 0.339 e. The molecule has 0 saturated carbocycles. The number of thioether (sulfide) groups is 1. The number of carbonyl (C=O) groups excluding carboxylic acids is 1. The quantitative estimate of drug-likeness (QED) is 0.714. The molecule has 7 heteroatoms. The van der Waals surface area contributed by atoms with E-state index in [0.29, 0.717) is 6.04 Å². The average molecular weight is 391 g/mol. The second-order valence-electron chi connectivity index (χ2n) is 6.71. The Balaban J connectivity index is 1.59. The lowest BCUT2D eigenvalue weighted by Crippen LogP contribution is -2.46. The van der Waals surface area contributed by atoms with Gasteiger partial charge in [0.15, 0.2) is 4.34 Å². The second kappa shape index (κ2) is 8.86. The van der Waals surface area contributed by atoms with Crippen LogP contribution in [-0.4, -0.2) is 38.8 Å². The fourth-order valence-electron chi connectivity index (χ4n) is 3.22. The smallest absolute Gasteiger partial charge is 0.236 e. The van der Waals surface area contributed by atoms with E-state index in [2.05, 4.69) is 46.4 Å². The minimum absolute atomic E-state index is 0.137. The summed E-state index contributed by atoms with van der Waals surface area (Å²) in [5, 5.41) is 12.3. The molecular formula is C19H26N4OS2. The van der Waals surface area contributed by atoms with Crippen LogP contribution in [0.3, 0.4) is 0 Å². The van der Waals surface area contributed by atoms with Crippen molar-refractivity contribution in [3.8, 4) is 0 Å².